The summed E-state index contributed by atoms with van der Waals surface area (Å²) in [6.07, 6.45) is 0.892. The largest absolute Gasteiger partial charge is 0.570 e. The van der Waals surface area contributed by atoms with Gasteiger partial charge in [0.05, 0.1) is 24.1 Å². The summed E-state index contributed by atoms with van der Waals surface area (Å²) >= 11 is 5.58. The number of aromatic nitrogens is 1. The van der Waals surface area contributed by atoms with Crippen LogP contribution < -0.4 is 9.64 Å². The molecule has 0 saturated heterocycles. The molecule has 1 aromatic heterocycles. The van der Waals surface area contributed by atoms with Crippen LogP contribution in [0.25, 0.3) is 15.8 Å². The number of nitrogens with zero attached hydrogens (tertiary/aromatic N) is 2. The molecule has 0 radical (unpaired) electrons. The third kappa shape index (κ3) is 6.39. The van der Waals surface area contributed by atoms with E-state index >= 15 is 0 Å². The number of methoxy groups -OCH3 is 1. The van der Waals surface area contributed by atoms with Crippen molar-refractivity contribution in [2.45, 2.75) is 24.5 Å². The second kappa shape index (κ2) is 11.9. The van der Waals surface area contributed by atoms with E-state index in [4.69, 9.17) is 21.4 Å². The average molecular weight is 560 g/mol. The van der Waals surface area contributed by atoms with Gasteiger partial charge < -0.3 is 18.8 Å². The van der Waals surface area contributed by atoms with E-state index < -0.39 is 10.0 Å². The van der Waals surface area contributed by atoms with Crippen LogP contribution in [-0.2, 0) is 29.7 Å². The summed E-state index contributed by atoms with van der Waals surface area (Å²) in [6, 6.07) is 32.1. The minimum Gasteiger partial charge on any atom is -0.570 e. The Bertz CT molecular complexity index is 1720. The maximum atomic E-state index is 13.3. The maximum Gasteiger partial charge on any atom is 0.274 e. The van der Waals surface area contributed by atoms with Gasteiger partial charge in [0.15, 0.2) is 12.3 Å². The second-order valence-corrected chi connectivity index (χ2v) is 11.2. The molecule has 0 aliphatic heterocycles. The van der Waals surface area contributed by atoms with Crippen LogP contribution >= 0.6 is 12.2 Å². The zero-order valence-electron chi connectivity index (χ0n) is 21.5. The van der Waals surface area contributed by atoms with Crippen LogP contribution in [0.15, 0.2) is 112 Å². The molecule has 1 heterocycles. The molecule has 5 aromatic rings. The normalized spacial score (nSPS) is 12.3. The minimum absolute atomic E-state index is 0.0550. The Hall–Kier alpha value is -3.92. The van der Waals surface area contributed by atoms with Crippen molar-refractivity contribution in [3.63, 3.8) is 0 Å². The van der Waals surface area contributed by atoms with Crippen LogP contribution in [-0.4, -0.2) is 26.6 Å². The molecular weight excluding hydrogens is 530 g/mol. The first-order valence-electron chi connectivity index (χ1n) is 12.6. The molecule has 5 rings (SSSR count). The maximum absolute atomic E-state index is 13.3. The van der Waals surface area contributed by atoms with Gasteiger partial charge in [0.1, 0.15) is 22.3 Å². The van der Waals surface area contributed by atoms with Gasteiger partial charge in [-0.3, -0.25) is 4.57 Å². The number of fused-ring (bicyclic) bond motifs is 1. The third-order valence-corrected chi connectivity index (χ3v) is 8.12. The first-order chi connectivity index (χ1) is 18.9. The van der Waals surface area contributed by atoms with E-state index in [2.05, 4.69) is 29.0 Å². The van der Waals surface area contributed by atoms with Crippen molar-refractivity contribution in [2.24, 2.45) is 0 Å². The van der Waals surface area contributed by atoms with E-state index in [9.17, 15) is 8.42 Å². The number of ether oxygens (including phenoxy) is 1. The Balaban J connectivity index is 1.45. The second-order valence-electron chi connectivity index (χ2n) is 9.22. The van der Waals surface area contributed by atoms with E-state index in [1.54, 1.807) is 36.4 Å². The van der Waals surface area contributed by atoms with Crippen molar-refractivity contribution in [1.29, 1.82) is 0 Å². The highest BCUT2D eigenvalue weighted by Crippen LogP contribution is 2.36. The van der Waals surface area contributed by atoms with Crippen LogP contribution in [0.3, 0.4) is 0 Å². The molecule has 1 atom stereocenters. The first-order valence-corrected chi connectivity index (χ1v) is 14.4. The minimum atomic E-state index is -4.02. The lowest BCUT2D eigenvalue weighted by atomic mass is 10.1. The van der Waals surface area contributed by atoms with Gasteiger partial charge in [0, 0.05) is 12.0 Å². The van der Waals surface area contributed by atoms with Crippen LogP contribution in [0.5, 0.6) is 5.75 Å². The molecule has 0 fully saturated rings. The molecule has 0 aliphatic rings. The first kappa shape index (κ1) is 26.7. The van der Waals surface area contributed by atoms with Crippen LogP contribution in [0, 0.1) is 4.84 Å². The summed E-state index contributed by atoms with van der Waals surface area (Å²) in [6.45, 7) is 2.15. The highest BCUT2D eigenvalue weighted by molar-refractivity contribution is 7.94. The lowest BCUT2D eigenvalue weighted by Crippen LogP contribution is -3.10. The summed E-state index contributed by atoms with van der Waals surface area (Å²) < 4.78 is 43.6. The Kier molecular flexibility index (Phi) is 8.11. The quantitative estimate of drug-likeness (QED) is 0.212. The molecule has 0 aliphatic carbocycles. The highest BCUT2D eigenvalue weighted by atomic mass is 32.2. The molecule has 1 N–H and O–H groups in total. The summed E-state index contributed by atoms with van der Waals surface area (Å²) in [5, 5.41) is 0. The summed E-state index contributed by atoms with van der Waals surface area (Å²) in [7, 11) is -2.54. The van der Waals surface area contributed by atoms with E-state index in [0.717, 1.165) is 19.5 Å². The zero-order chi connectivity index (χ0) is 27.2. The molecule has 7 nitrogen and oxygen atoms in total. The van der Waals surface area contributed by atoms with Gasteiger partial charge in [0.25, 0.3) is 4.84 Å². The highest BCUT2D eigenvalue weighted by Gasteiger charge is 2.17. The van der Waals surface area contributed by atoms with Crippen LogP contribution in [0.1, 0.15) is 11.1 Å². The summed E-state index contributed by atoms with van der Waals surface area (Å²) in [5.74, 6) is 0.381. The number of oxazole rings is 1. The van der Waals surface area contributed by atoms with Gasteiger partial charge >= 0.3 is 0 Å². The number of nitrogens with one attached hydrogen (secondary N) is 1. The van der Waals surface area contributed by atoms with E-state index in [1.165, 1.54) is 29.2 Å². The fourth-order valence-corrected chi connectivity index (χ4v) is 5.81. The van der Waals surface area contributed by atoms with Gasteiger partial charge in [-0.25, -0.2) is 8.42 Å². The molecule has 4 aromatic carbocycles. The number of hydrogen-bond donors (Lipinski definition) is 1. The standard InChI is InChI=1S/C30H28N3O4S2/c1-36-28-15-9-8-14-26(28)31-39(34,35)25-16-17-29-27(20-25)33(30(38)37-29)22-32(21-24-12-6-3-7-13-24)19-18-23-10-4-2-5-11-23/h2-17,20H,18-19,21-22H2,1H3/q-1/p+1. The Morgan fingerprint density at radius 3 is 2.28 bits per heavy atom. The molecule has 39 heavy (non-hydrogen) atoms. The molecular formula is C30H29N3O4S2. The number of sulfonamides is 1. The predicted octanol–water partition coefficient (Wildman–Crippen LogP) is 5.65. The van der Waals surface area contributed by atoms with Gasteiger partial charge in [-0.1, -0.05) is 84.6 Å². The Morgan fingerprint density at radius 2 is 1.56 bits per heavy atom. The Labute approximate surface area is 233 Å². The van der Waals surface area contributed by atoms with Gasteiger partial charge in [-0.2, -0.15) is 0 Å². The topological polar surface area (TPSA) is 80.0 Å². The van der Waals surface area contributed by atoms with Gasteiger partial charge in [-0.15, -0.1) is 0 Å². The number of rotatable bonds is 11. The van der Waals surface area contributed by atoms with Crippen LogP contribution in [0.2, 0.25) is 0 Å². The van der Waals surface area contributed by atoms with Gasteiger partial charge in [0.2, 0.25) is 0 Å². The molecule has 200 valence electrons. The number of para-hydroxylation sites is 1. The molecule has 9 heteroatoms. The predicted molar refractivity (Wildman–Crippen MR) is 154 cm³/mol. The fourth-order valence-electron chi connectivity index (χ4n) is 4.54. The van der Waals surface area contributed by atoms with Crippen molar-refractivity contribution in [1.82, 2.24) is 4.57 Å². The molecule has 0 bridgehead atoms. The zero-order valence-corrected chi connectivity index (χ0v) is 23.1. The SMILES string of the molecule is COc1ccccc1[N-]S(=O)(=O)c1ccc2oc(=S)n(C[NH+](CCc3ccccc3)Cc3ccccc3)c2c1. The van der Waals surface area contributed by atoms with Crippen molar-refractivity contribution in [2.75, 3.05) is 13.7 Å². The average Bonchev–Trinajstić information content (AvgIpc) is 3.27. The number of benzene rings is 4. The lowest BCUT2D eigenvalue weighted by molar-refractivity contribution is -0.936. The van der Waals surface area contributed by atoms with Crippen molar-refractivity contribution in [3.05, 3.63) is 124 Å². The van der Waals surface area contributed by atoms with E-state index in [-0.39, 0.29) is 10.6 Å². The van der Waals surface area contributed by atoms with Gasteiger partial charge in [-0.05, 0) is 42.0 Å². The third-order valence-electron chi connectivity index (χ3n) is 6.53. The van der Waals surface area contributed by atoms with Crippen molar-refractivity contribution in [3.8, 4) is 5.75 Å². The number of hydrogen-bond acceptors (Lipinski definition) is 5. The van der Waals surface area contributed by atoms with Crippen molar-refractivity contribution < 1.29 is 22.5 Å². The molecule has 0 spiro atoms. The van der Waals surface area contributed by atoms with E-state index in [0.29, 0.717) is 28.4 Å². The van der Waals surface area contributed by atoms with Crippen molar-refractivity contribution >= 4 is 39.0 Å². The number of quaternary nitrogens is 1. The monoisotopic (exact) mass is 559 g/mol. The molecule has 0 saturated carbocycles. The summed E-state index contributed by atoms with van der Waals surface area (Å²) in [5.41, 5.74) is 3.84. The Morgan fingerprint density at radius 1 is 0.897 bits per heavy atom. The van der Waals surface area contributed by atoms with E-state index in [1.807, 2.05) is 41.0 Å². The molecule has 1 unspecified atom stereocenters. The fraction of sp³-hybridized carbons (Fsp3) is 0.167. The summed E-state index contributed by atoms with van der Waals surface area (Å²) in [4.78, 5) is 1.61. The molecule has 0 amide bonds. The lowest BCUT2D eigenvalue weighted by Gasteiger charge is -2.24. The smallest absolute Gasteiger partial charge is 0.274 e. The van der Waals surface area contributed by atoms with Crippen LogP contribution in [0.4, 0.5) is 5.69 Å².